The van der Waals surface area contributed by atoms with Gasteiger partial charge in [-0.3, -0.25) is 9.59 Å². The van der Waals surface area contributed by atoms with E-state index in [1.165, 1.54) is 6.07 Å². The summed E-state index contributed by atoms with van der Waals surface area (Å²) in [5.41, 5.74) is -1.25. The Morgan fingerprint density at radius 1 is 1.19 bits per heavy atom. The quantitative estimate of drug-likeness (QED) is 0.345. The zero-order valence-electron chi connectivity index (χ0n) is 14.0. The summed E-state index contributed by atoms with van der Waals surface area (Å²) in [6, 6.07) is 2.39. The van der Waals surface area contributed by atoms with Crippen LogP contribution < -0.4 is 5.43 Å². The second kappa shape index (κ2) is 7.22. The van der Waals surface area contributed by atoms with Gasteiger partial charge >= 0.3 is 0 Å². The molecule has 0 spiro atoms. The van der Waals surface area contributed by atoms with Gasteiger partial charge in [-0.25, -0.2) is 0 Å². The van der Waals surface area contributed by atoms with Crippen LogP contribution in [0.1, 0.15) is 22.0 Å². The predicted octanol–water partition coefficient (Wildman–Crippen LogP) is -0.618. The number of hydrogen-bond donors (Lipinski definition) is 5. The molecule has 2 heterocycles. The van der Waals surface area contributed by atoms with Gasteiger partial charge in [0.05, 0.1) is 17.6 Å². The first-order valence-corrected chi connectivity index (χ1v) is 8.06. The van der Waals surface area contributed by atoms with E-state index in [0.29, 0.717) is 0 Å². The van der Waals surface area contributed by atoms with Crippen molar-refractivity contribution >= 4 is 16.8 Å². The van der Waals surface area contributed by atoms with Gasteiger partial charge in [-0.2, -0.15) is 0 Å². The van der Waals surface area contributed by atoms with E-state index in [0.717, 1.165) is 18.4 Å². The molecule has 1 aliphatic heterocycles. The number of phenols is 1. The molecule has 1 aliphatic rings. The van der Waals surface area contributed by atoms with Crippen molar-refractivity contribution in [1.29, 1.82) is 0 Å². The standard InChI is InChI=1S/C18H18O9/c1-2-9(20)8-6-26-17-7(13(8)22)3-4-10(21)12(17)18-16(25)15(24)14(23)11(5-19)27-18/h2-4,6,11,14-16,18-19,21,23-25H,1,5H2. The smallest absolute Gasteiger partial charge is 0.203 e. The molecule has 0 radical (unpaired) electrons. The molecule has 5 atom stereocenters. The zero-order chi connectivity index (χ0) is 19.9. The number of allylic oxidation sites excluding steroid dienone is 1. The van der Waals surface area contributed by atoms with Gasteiger partial charge in [0.1, 0.15) is 53.7 Å². The van der Waals surface area contributed by atoms with Crippen LogP contribution in [0.25, 0.3) is 11.0 Å². The van der Waals surface area contributed by atoms with Crippen LogP contribution in [0, 0.1) is 0 Å². The number of hydrogen-bond acceptors (Lipinski definition) is 9. The van der Waals surface area contributed by atoms with Crippen molar-refractivity contribution in [3.63, 3.8) is 0 Å². The molecule has 27 heavy (non-hydrogen) atoms. The normalized spacial score (nSPS) is 28.2. The van der Waals surface area contributed by atoms with Crippen LogP contribution in [0.5, 0.6) is 5.75 Å². The van der Waals surface area contributed by atoms with Crippen LogP contribution in [-0.4, -0.2) is 62.3 Å². The summed E-state index contributed by atoms with van der Waals surface area (Å²) in [6.07, 6.45) is -5.70. The highest BCUT2D eigenvalue weighted by molar-refractivity contribution is 6.05. The average Bonchev–Trinajstić information content (AvgIpc) is 2.67. The fourth-order valence-electron chi connectivity index (χ4n) is 3.11. The fourth-order valence-corrected chi connectivity index (χ4v) is 3.11. The Morgan fingerprint density at radius 2 is 1.89 bits per heavy atom. The molecule has 1 fully saturated rings. The Kier molecular flexibility index (Phi) is 5.13. The largest absolute Gasteiger partial charge is 0.507 e. The van der Waals surface area contributed by atoms with Crippen LogP contribution in [0.3, 0.4) is 0 Å². The zero-order valence-corrected chi connectivity index (χ0v) is 14.0. The number of aromatic hydroxyl groups is 1. The maximum Gasteiger partial charge on any atom is 0.203 e. The van der Waals surface area contributed by atoms with E-state index in [4.69, 9.17) is 9.15 Å². The van der Waals surface area contributed by atoms with E-state index in [9.17, 15) is 35.1 Å². The van der Waals surface area contributed by atoms with Crippen molar-refractivity contribution in [3.8, 4) is 5.75 Å². The van der Waals surface area contributed by atoms with Crippen LogP contribution >= 0.6 is 0 Å². The van der Waals surface area contributed by atoms with E-state index in [-0.39, 0.29) is 22.1 Å². The first kappa shape index (κ1) is 19.2. The molecule has 9 nitrogen and oxygen atoms in total. The van der Waals surface area contributed by atoms with Crippen LogP contribution in [-0.2, 0) is 4.74 Å². The van der Waals surface area contributed by atoms with Gasteiger partial charge in [0, 0.05) is 0 Å². The SMILES string of the molecule is C=CC(=O)c1coc2c(C3OC(CO)C(O)C(O)C3O)c(O)ccc2c1=O. The Morgan fingerprint density at radius 3 is 2.52 bits per heavy atom. The number of carbonyl (C=O) groups excluding carboxylic acids is 1. The summed E-state index contributed by atoms with van der Waals surface area (Å²) in [5.74, 6) is -1.05. The number of carbonyl (C=O) groups is 1. The van der Waals surface area contributed by atoms with E-state index in [1.54, 1.807) is 0 Å². The number of fused-ring (bicyclic) bond motifs is 1. The molecule has 0 bridgehead atoms. The first-order chi connectivity index (χ1) is 12.8. The third-order valence-electron chi connectivity index (χ3n) is 4.58. The van der Waals surface area contributed by atoms with Crippen LogP contribution in [0.4, 0.5) is 0 Å². The summed E-state index contributed by atoms with van der Waals surface area (Å²) in [6.45, 7) is 2.65. The van der Waals surface area contributed by atoms with E-state index in [1.807, 2.05) is 0 Å². The molecule has 0 aliphatic carbocycles. The Bertz CT molecular complexity index is 946. The van der Waals surface area contributed by atoms with Gasteiger partial charge in [0.25, 0.3) is 0 Å². The summed E-state index contributed by atoms with van der Waals surface area (Å²) < 4.78 is 10.8. The molecule has 0 amide bonds. The molecule has 2 aromatic rings. The van der Waals surface area contributed by atoms with E-state index in [2.05, 4.69) is 6.58 Å². The molecule has 1 aromatic carbocycles. The highest BCUT2D eigenvalue weighted by atomic mass is 16.5. The third kappa shape index (κ3) is 3.05. The summed E-state index contributed by atoms with van der Waals surface area (Å²) >= 11 is 0. The Labute approximate surface area is 152 Å². The number of benzene rings is 1. The monoisotopic (exact) mass is 378 g/mol. The molecular formula is C18H18O9. The van der Waals surface area contributed by atoms with Gasteiger partial charge in [-0.05, 0) is 18.2 Å². The molecule has 5 N–H and O–H groups in total. The first-order valence-electron chi connectivity index (χ1n) is 8.06. The minimum absolute atomic E-state index is 0.0625. The van der Waals surface area contributed by atoms with Crippen molar-refractivity contribution < 1.29 is 39.5 Å². The molecular weight excluding hydrogens is 360 g/mol. The van der Waals surface area contributed by atoms with E-state index >= 15 is 0 Å². The molecule has 0 saturated carbocycles. The van der Waals surface area contributed by atoms with E-state index < -0.39 is 54.1 Å². The van der Waals surface area contributed by atoms with Crippen molar-refractivity contribution in [2.24, 2.45) is 0 Å². The average molecular weight is 378 g/mol. The number of phenolic OH excluding ortho intramolecular Hbond substituents is 1. The third-order valence-corrected chi connectivity index (χ3v) is 4.58. The maximum atomic E-state index is 12.6. The summed E-state index contributed by atoms with van der Waals surface area (Å²) in [5, 5.41) is 49.7. The minimum atomic E-state index is -1.68. The Hall–Kier alpha value is -2.56. The molecule has 5 unspecified atom stereocenters. The number of rotatable bonds is 4. The molecule has 144 valence electrons. The highest BCUT2D eigenvalue weighted by Crippen LogP contribution is 2.40. The highest BCUT2D eigenvalue weighted by Gasteiger charge is 2.45. The lowest BCUT2D eigenvalue weighted by molar-refractivity contribution is -0.231. The maximum absolute atomic E-state index is 12.6. The minimum Gasteiger partial charge on any atom is -0.507 e. The van der Waals surface area contributed by atoms with Crippen molar-refractivity contribution in [3.05, 3.63) is 52.4 Å². The van der Waals surface area contributed by atoms with Gasteiger partial charge in [-0.15, -0.1) is 0 Å². The van der Waals surface area contributed by atoms with Crippen LogP contribution in [0.2, 0.25) is 0 Å². The lowest BCUT2D eigenvalue weighted by Crippen LogP contribution is -2.55. The second-order valence-electron chi connectivity index (χ2n) is 6.17. The summed E-state index contributed by atoms with van der Waals surface area (Å²) in [4.78, 5) is 24.3. The second-order valence-corrected chi connectivity index (χ2v) is 6.17. The number of aliphatic hydroxyl groups excluding tert-OH is 4. The number of ketones is 1. The van der Waals surface area contributed by atoms with Gasteiger partial charge < -0.3 is 34.7 Å². The Balaban J connectivity index is 2.21. The van der Waals surface area contributed by atoms with Crippen molar-refractivity contribution in [2.45, 2.75) is 30.5 Å². The van der Waals surface area contributed by atoms with Gasteiger partial charge in [0.15, 0.2) is 5.78 Å². The van der Waals surface area contributed by atoms with Crippen molar-refractivity contribution in [1.82, 2.24) is 0 Å². The topological polar surface area (TPSA) is 158 Å². The molecule has 1 aromatic heterocycles. The lowest BCUT2D eigenvalue weighted by Gasteiger charge is -2.40. The molecule has 3 rings (SSSR count). The summed E-state index contributed by atoms with van der Waals surface area (Å²) in [7, 11) is 0. The van der Waals surface area contributed by atoms with Crippen LogP contribution in [0.15, 0.2) is 40.3 Å². The van der Waals surface area contributed by atoms with Crippen molar-refractivity contribution in [2.75, 3.05) is 6.61 Å². The lowest BCUT2D eigenvalue weighted by atomic mass is 9.90. The fraction of sp³-hybridized carbons (Fsp3) is 0.333. The number of ether oxygens (including phenoxy) is 1. The van der Waals surface area contributed by atoms with Gasteiger partial charge in [-0.1, -0.05) is 6.58 Å². The molecule has 1 saturated heterocycles. The predicted molar refractivity (Wildman–Crippen MR) is 91.4 cm³/mol. The van der Waals surface area contributed by atoms with Gasteiger partial charge in [0.2, 0.25) is 5.43 Å². The molecule has 9 heteroatoms. The number of aliphatic hydroxyl groups is 4.